The number of aromatic nitrogens is 1. The molecule has 0 unspecified atom stereocenters. The summed E-state index contributed by atoms with van der Waals surface area (Å²) in [5, 5.41) is 1.44. The molecule has 20 heavy (non-hydrogen) atoms. The van der Waals surface area contributed by atoms with Crippen LogP contribution in [0.5, 0.6) is 0 Å². The first kappa shape index (κ1) is 12.8. The van der Waals surface area contributed by atoms with Crippen molar-refractivity contribution in [2.45, 2.75) is 6.61 Å². The van der Waals surface area contributed by atoms with Crippen LogP contribution in [-0.2, 0) is 11.3 Å². The van der Waals surface area contributed by atoms with Crippen molar-refractivity contribution in [2.24, 2.45) is 0 Å². The molecule has 3 aromatic rings. The van der Waals surface area contributed by atoms with Crippen LogP contribution in [0.15, 0.2) is 60.8 Å². The largest absolute Gasteiger partial charge is 0.444 e. The monoisotopic (exact) mass is 285 g/mol. The van der Waals surface area contributed by atoms with Crippen LogP contribution >= 0.6 is 11.6 Å². The SMILES string of the molecule is O=C(OCc1ccccc1)n1ccc2cccc(Cl)c21. The molecule has 0 amide bonds. The summed E-state index contributed by atoms with van der Waals surface area (Å²) < 4.78 is 6.73. The van der Waals surface area contributed by atoms with Gasteiger partial charge in [-0.3, -0.25) is 4.57 Å². The van der Waals surface area contributed by atoms with Crippen LogP contribution in [-0.4, -0.2) is 10.7 Å². The summed E-state index contributed by atoms with van der Waals surface area (Å²) in [5.74, 6) is 0. The summed E-state index contributed by atoms with van der Waals surface area (Å²) in [5.41, 5.74) is 1.62. The predicted octanol–water partition coefficient (Wildman–Crippen LogP) is 4.48. The maximum Gasteiger partial charge on any atom is 0.418 e. The topological polar surface area (TPSA) is 31.2 Å². The summed E-state index contributed by atoms with van der Waals surface area (Å²) >= 11 is 6.14. The summed E-state index contributed by atoms with van der Waals surface area (Å²) in [7, 11) is 0. The first-order valence-corrected chi connectivity index (χ1v) is 6.60. The zero-order valence-corrected chi connectivity index (χ0v) is 11.4. The van der Waals surface area contributed by atoms with Crippen molar-refractivity contribution in [3.8, 4) is 0 Å². The smallest absolute Gasteiger partial charge is 0.418 e. The lowest BCUT2D eigenvalue weighted by molar-refractivity contribution is 0.142. The maximum absolute atomic E-state index is 12.1. The molecule has 0 aliphatic rings. The molecule has 0 spiro atoms. The Morgan fingerprint density at radius 1 is 1.05 bits per heavy atom. The van der Waals surface area contributed by atoms with Crippen molar-refractivity contribution in [1.29, 1.82) is 0 Å². The highest BCUT2D eigenvalue weighted by atomic mass is 35.5. The van der Waals surface area contributed by atoms with Gasteiger partial charge in [-0.1, -0.05) is 54.1 Å². The number of carbonyl (C=O) groups excluding carboxylic acids is 1. The number of fused-ring (bicyclic) bond motifs is 1. The summed E-state index contributed by atoms with van der Waals surface area (Å²) in [6.45, 7) is 0.240. The van der Waals surface area contributed by atoms with Crippen LogP contribution in [0.2, 0.25) is 5.02 Å². The van der Waals surface area contributed by atoms with Gasteiger partial charge in [0.15, 0.2) is 0 Å². The molecule has 0 N–H and O–H groups in total. The number of hydrogen-bond donors (Lipinski definition) is 0. The van der Waals surface area contributed by atoms with Crippen molar-refractivity contribution in [1.82, 2.24) is 4.57 Å². The van der Waals surface area contributed by atoms with Gasteiger partial charge in [0.05, 0.1) is 10.5 Å². The highest BCUT2D eigenvalue weighted by molar-refractivity contribution is 6.35. The Balaban J connectivity index is 1.83. The van der Waals surface area contributed by atoms with Crippen molar-refractivity contribution >= 4 is 28.6 Å². The average molecular weight is 286 g/mol. The summed E-state index contributed by atoms with van der Waals surface area (Å²) in [4.78, 5) is 12.1. The number of ether oxygens (including phenoxy) is 1. The second kappa shape index (κ2) is 5.39. The van der Waals surface area contributed by atoms with Gasteiger partial charge in [-0.25, -0.2) is 4.79 Å². The number of benzene rings is 2. The quantitative estimate of drug-likeness (QED) is 0.695. The minimum Gasteiger partial charge on any atom is -0.444 e. The normalized spacial score (nSPS) is 10.7. The molecule has 4 heteroatoms. The van der Waals surface area contributed by atoms with Crippen LogP contribution in [0.25, 0.3) is 10.9 Å². The lowest BCUT2D eigenvalue weighted by Gasteiger charge is -2.07. The van der Waals surface area contributed by atoms with E-state index in [0.717, 1.165) is 10.9 Å². The van der Waals surface area contributed by atoms with Crippen LogP contribution < -0.4 is 0 Å². The minimum atomic E-state index is -0.433. The number of carbonyl (C=O) groups is 1. The molecule has 0 aliphatic carbocycles. The van der Waals surface area contributed by atoms with E-state index in [1.807, 2.05) is 48.5 Å². The van der Waals surface area contributed by atoms with E-state index in [1.54, 1.807) is 12.3 Å². The summed E-state index contributed by atoms with van der Waals surface area (Å²) in [6, 6.07) is 16.9. The Morgan fingerprint density at radius 2 is 1.85 bits per heavy atom. The van der Waals surface area contributed by atoms with Gasteiger partial charge < -0.3 is 4.74 Å². The number of para-hydroxylation sites is 1. The molecular weight excluding hydrogens is 274 g/mol. The lowest BCUT2D eigenvalue weighted by Crippen LogP contribution is -2.12. The molecule has 0 fully saturated rings. The zero-order chi connectivity index (χ0) is 13.9. The van der Waals surface area contributed by atoms with Gasteiger partial charge in [-0.2, -0.15) is 0 Å². The molecule has 3 rings (SSSR count). The molecule has 0 saturated carbocycles. The van der Waals surface area contributed by atoms with Crippen LogP contribution in [0, 0.1) is 0 Å². The van der Waals surface area contributed by atoms with Gasteiger partial charge in [0.2, 0.25) is 0 Å². The van der Waals surface area contributed by atoms with Gasteiger partial charge in [0.25, 0.3) is 0 Å². The van der Waals surface area contributed by atoms with E-state index in [1.165, 1.54) is 4.57 Å². The molecule has 0 bridgehead atoms. The average Bonchev–Trinajstić information content (AvgIpc) is 2.91. The van der Waals surface area contributed by atoms with Crippen LogP contribution in [0.4, 0.5) is 4.79 Å². The van der Waals surface area contributed by atoms with E-state index < -0.39 is 6.09 Å². The molecule has 1 aromatic heterocycles. The fourth-order valence-electron chi connectivity index (χ4n) is 2.09. The Kier molecular flexibility index (Phi) is 3.44. The van der Waals surface area contributed by atoms with E-state index in [4.69, 9.17) is 16.3 Å². The molecule has 2 aromatic carbocycles. The zero-order valence-electron chi connectivity index (χ0n) is 10.6. The second-order valence-electron chi connectivity index (χ2n) is 4.40. The third-order valence-corrected chi connectivity index (χ3v) is 3.37. The third kappa shape index (κ3) is 2.40. The van der Waals surface area contributed by atoms with Gasteiger partial charge in [0.1, 0.15) is 6.61 Å². The van der Waals surface area contributed by atoms with E-state index in [9.17, 15) is 4.79 Å². The van der Waals surface area contributed by atoms with Crippen molar-refractivity contribution in [3.05, 3.63) is 71.4 Å². The summed E-state index contributed by atoms with van der Waals surface area (Å²) in [6.07, 6.45) is 1.24. The fraction of sp³-hybridized carbons (Fsp3) is 0.0625. The van der Waals surface area contributed by atoms with Gasteiger partial charge in [-0.15, -0.1) is 0 Å². The Hall–Kier alpha value is -2.26. The number of rotatable bonds is 2. The second-order valence-corrected chi connectivity index (χ2v) is 4.81. The number of nitrogens with zero attached hydrogens (tertiary/aromatic N) is 1. The van der Waals surface area contributed by atoms with E-state index in [-0.39, 0.29) is 6.61 Å². The van der Waals surface area contributed by atoms with Gasteiger partial charge >= 0.3 is 6.09 Å². The minimum absolute atomic E-state index is 0.240. The van der Waals surface area contributed by atoms with Crippen molar-refractivity contribution in [3.63, 3.8) is 0 Å². The Morgan fingerprint density at radius 3 is 2.65 bits per heavy atom. The highest BCUT2D eigenvalue weighted by Gasteiger charge is 2.12. The standard InChI is InChI=1S/C16H12ClNO2/c17-14-8-4-7-13-9-10-18(15(13)14)16(19)20-11-12-5-2-1-3-6-12/h1-10H,11H2. The lowest BCUT2D eigenvalue weighted by atomic mass is 10.2. The predicted molar refractivity (Wildman–Crippen MR) is 79.0 cm³/mol. The van der Waals surface area contributed by atoms with Gasteiger partial charge in [0, 0.05) is 11.6 Å². The molecule has 0 atom stereocenters. The molecule has 0 saturated heterocycles. The molecule has 3 nitrogen and oxygen atoms in total. The molecule has 100 valence electrons. The Labute approximate surface area is 121 Å². The van der Waals surface area contributed by atoms with Crippen LogP contribution in [0.1, 0.15) is 5.56 Å². The van der Waals surface area contributed by atoms with Gasteiger partial charge in [-0.05, 0) is 17.7 Å². The number of hydrogen-bond acceptors (Lipinski definition) is 2. The molecule has 1 heterocycles. The first-order chi connectivity index (χ1) is 9.75. The van der Waals surface area contributed by atoms with Crippen LogP contribution in [0.3, 0.4) is 0 Å². The third-order valence-electron chi connectivity index (χ3n) is 3.06. The molecule has 0 radical (unpaired) electrons. The highest BCUT2D eigenvalue weighted by Crippen LogP contribution is 2.24. The molecule has 0 aliphatic heterocycles. The Bertz CT molecular complexity index is 750. The molecular formula is C16H12ClNO2. The van der Waals surface area contributed by atoms with E-state index in [2.05, 4.69) is 0 Å². The maximum atomic E-state index is 12.1. The van der Waals surface area contributed by atoms with E-state index in [0.29, 0.717) is 10.5 Å². The number of halogens is 1. The van der Waals surface area contributed by atoms with E-state index >= 15 is 0 Å². The first-order valence-electron chi connectivity index (χ1n) is 6.22. The van der Waals surface area contributed by atoms with Crippen molar-refractivity contribution < 1.29 is 9.53 Å². The fourth-order valence-corrected chi connectivity index (χ4v) is 2.36. The van der Waals surface area contributed by atoms with Crippen molar-refractivity contribution in [2.75, 3.05) is 0 Å².